The summed E-state index contributed by atoms with van der Waals surface area (Å²) >= 11 is 0. The number of nitrogens with zero attached hydrogens (tertiary/aromatic N) is 1. The Balaban J connectivity index is 1.55. The van der Waals surface area contributed by atoms with Gasteiger partial charge in [0.2, 0.25) is 11.8 Å². The van der Waals surface area contributed by atoms with Crippen LogP contribution in [0.5, 0.6) is 0 Å². The first-order valence-electron chi connectivity index (χ1n) is 9.74. The average Bonchev–Trinajstić information content (AvgIpc) is 2.61. The Morgan fingerprint density at radius 3 is 2.42 bits per heavy atom. The zero-order chi connectivity index (χ0) is 17.2. The molecular weight excluding hydrogens is 304 g/mol. The van der Waals surface area contributed by atoms with Crippen molar-refractivity contribution < 1.29 is 14.3 Å². The molecule has 3 rings (SSSR count). The normalized spacial score (nSPS) is 30.0. The highest BCUT2D eigenvalue weighted by Gasteiger charge is 2.56. The van der Waals surface area contributed by atoms with Gasteiger partial charge in [-0.3, -0.25) is 9.59 Å². The molecule has 0 aromatic rings. The van der Waals surface area contributed by atoms with E-state index in [1.807, 2.05) is 4.90 Å². The van der Waals surface area contributed by atoms with Gasteiger partial charge >= 0.3 is 0 Å². The maximum Gasteiger partial charge on any atom is 0.223 e. The lowest BCUT2D eigenvalue weighted by Gasteiger charge is -2.57. The summed E-state index contributed by atoms with van der Waals surface area (Å²) in [4.78, 5) is 26.0. The molecule has 3 aliphatic rings. The summed E-state index contributed by atoms with van der Waals surface area (Å²) in [5.41, 5.74) is 0.185. The number of hydrogen-bond acceptors (Lipinski definition) is 3. The Bertz CT molecular complexity index is 465. The highest BCUT2D eigenvalue weighted by atomic mass is 16.5. The van der Waals surface area contributed by atoms with Crippen molar-refractivity contribution in [2.45, 2.75) is 77.4 Å². The molecule has 2 atom stereocenters. The van der Waals surface area contributed by atoms with E-state index in [9.17, 15) is 9.59 Å². The van der Waals surface area contributed by atoms with Crippen LogP contribution >= 0.6 is 0 Å². The van der Waals surface area contributed by atoms with Crippen molar-refractivity contribution in [1.29, 1.82) is 0 Å². The van der Waals surface area contributed by atoms with Gasteiger partial charge in [-0.2, -0.15) is 0 Å². The first-order valence-corrected chi connectivity index (χ1v) is 9.74. The second-order valence-electron chi connectivity index (χ2n) is 7.82. The van der Waals surface area contributed by atoms with Gasteiger partial charge in [0, 0.05) is 44.0 Å². The van der Waals surface area contributed by atoms with Crippen LogP contribution in [0.2, 0.25) is 0 Å². The lowest BCUT2D eigenvalue weighted by atomic mass is 9.55. The van der Waals surface area contributed by atoms with E-state index in [0.717, 1.165) is 25.9 Å². The highest BCUT2D eigenvalue weighted by Crippen LogP contribution is 2.53. The third-order valence-electron chi connectivity index (χ3n) is 6.56. The van der Waals surface area contributed by atoms with E-state index in [0.29, 0.717) is 19.2 Å². The topological polar surface area (TPSA) is 58.6 Å². The first kappa shape index (κ1) is 17.7. The molecule has 5 nitrogen and oxygen atoms in total. The summed E-state index contributed by atoms with van der Waals surface area (Å²) in [6, 6.07) is 0.285. The maximum atomic E-state index is 12.7. The van der Waals surface area contributed by atoms with Gasteiger partial charge in [0.15, 0.2) is 0 Å². The van der Waals surface area contributed by atoms with Crippen LogP contribution in [0.3, 0.4) is 0 Å². The number of amides is 2. The number of rotatable bonds is 4. The molecule has 0 bridgehead atoms. The van der Waals surface area contributed by atoms with Gasteiger partial charge in [-0.25, -0.2) is 0 Å². The van der Waals surface area contributed by atoms with Crippen molar-refractivity contribution >= 4 is 11.8 Å². The predicted molar refractivity (Wildman–Crippen MR) is 92.5 cm³/mol. The molecule has 3 fully saturated rings. The van der Waals surface area contributed by atoms with E-state index in [4.69, 9.17) is 4.74 Å². The van der Waals surface area contributed by atoms with Crippen molar-refractivity contribution in [3.8, 4) is 0 Å². The number of carbonyl (C=O) groups excluding carboxylic acids is 2. The van der Waals surface area contributed by atoms with Crippen LogP contribution in [0.1, 0.15) is 65.2 Å². The highest BCUT2D eigenvalue weighted by molar-refractivity contribution is 5.80. The average molecular weight is 336 g/mol. The lowest BCUT2D eigenvalue weighted by molar-refractivity contribution is -0.159. The van der Waals surface area contributed by atoms with Crippen molar-refractivity contribution in [2.75, 3.05) is 19.7 Å². The Kier molecular flexibility index (Phi) is 5.48. The van der Waals surface area contributed by atoms with Gasteiger partial charge < -0.3 is 15.0 Å². The number of ether oxygens (including phenoxy) is 1. The van der Waals surface area contributed by atoms with Crippen LogP contribution in [0.4, 0.5) is 0 Å². The fourth-order valence-electron chi connectivity index (χ4n) is 5.01. The molecule has 0 radical (unpaired) electrons. The van der Waals surface area contributed by atoms with Crippen LogP contribution < -0.4 is 5.32 Å². The van der Waals surface area contributed by atoms with Crippen LogP contribution in [-0.4, -0.2) is 48.6 Å². The summed E-state index contributed by atoms with van der Waals surface area (Å²) in [7, 11) is 0. The van der Waals surface area contributed by atoms with Gasteiger partial charge in [0.25, 0.3) is 0 Å². The second-order valence-corrected chi connectivity index (χ2v) is 7.82. The minimum Gasteiger partial charge on any atom is -0.378 e. The third-order valence-corrected chi connectivity index (χ3v) is 6.56. The van der Waals surface area contributed by atoms with Crippen LogP contribution in [0.25, 0.3) is 0 Å². The van der Waals surface area contributed by atoms with Gasteiger partial charge in [0.1, 0.15) is 0 Å². The molecule has 1 spiro atoms. The largest absolute Gasteiger partial charge is 0.378 e. The molecule has 136 valence electrons. The third kappa shape index (κ3) is 3.32. The number of likely N-dealkylation sites (tertiary alicyclic amines) is 1. The maximum absolute atomic E-state index is 12.7. The van der Waals surface area contributed by atoms with E-state index in [2.05, 4.69) is 12.2 Å². The fourth-order valence-corrected chi connectivity index (χ4v) is 5.01. The van der Waals surface area contributed by atoms with E-state index in [-0.39, 0.29) is 29.2 Å². The first-order chi connectivity index (χ1) is 11.6. The quantitative estimate of drug-likeness (QED) is 0.858. The van der Waals surface area contributed by atoms with Crippen LogP contribution in [-0.2, 0) is 14.3 Å². The number of hydrogen-bond donors (Lipinski definition) is 1. The lowest BCUT2D eigenvalue weighted by Crippen LogP contribution is -2.66. The number of nitrogens with one attached hydrogen (secondary N) is 1. The Morgan fingerprint density at radius 1 is 1.17 bits per heavy atom. The second kappa shape index (κ2) is 7.42. The Morgan fingerprint density at radius 2 is 1.83 bits per heavy atom. The fraction of sp³-hybridized carbons (Fsp3) is 0.895. The molecule has 5 heteroatoms. The van der Waals surface area contributed by atoms with Gasteiger partial charge in [0.05, 0.1) is 6.10 Å². The van der Waals surface area contributed by atoms with E-state index >= 15 is 0 Å². The van der Waals surface area contributed by atoms with Crippen molar-refractivity contribution in [3.05, 3.63) is 0 Å². The molecule has 0 aromatic carbocycles. The predicted octanol–water partition coefficient (Wildman–Crippen LogP) is 2.49. The number of piperidine rings is 1. The van der Waals surface area contributed by atoms with E-state index < -0.39 is 0 Å². The van der Waals surface area contributed by atoms with Crippen molar-refractivity contribution in [3.63, 3.8) is 0 Å². The molecule has 2 saturated carbocycles. The molecule has 1 saturated heterocycles. The standard InChI is InChI=1S/C19H32N2O3/c1-3-24-17-13-16(19(17)9-5-4-6-10-19)20-18(23)15-7-11-21(12-8-15)14(2)22/h15-17H,3-13H2,1-2H3,(H,20,23)/t16-,17-/m0/s1. The van der Waals surface area contributed by atoms with Crippen molar-refractivity contribution in [2.24, 2.45) is 11.3 Å². The molecular formula is C19H32N2O3. The molecule has 24 heavy (non-hydrogen) atoms. The molecule has 0 unspecified atom stereocenters. The van der Waals surface area contributed by atoms with E-state index in [1.165, 1.54) is 32.1 Å². The SMILES string of the molecule is CCO[C@H]1C[C@H](NC(=O)C2CCN(C(C)=O)CC2)C12CCCCC2. The monoisotopic (exact) mass is 336 g/mol. The van der Waals surface area contributed by atoms with Gasteiger partial charge in [-0.05, 0) is 39.0 Å². The minimum atomic E-state index is 0.0624. The van der Waals surface area contributed by atoms with Crippen LogP contribution in [0.15, 0.2) is 0 Å². The van der Waals surface area contributed by atoms with Gasteiger partial charge in [-0.1, -0.05) is 19.3 Å². The molecule has 2 amide bonds. The molecule has 1 heterocycles. The van der Waals surface area contributed by atoms with Crippen LogP contribution in [0, 0.1) is 11.3 Å². The number of carbonyl (C=O) groups is 2. The van der Waals surface area contributed by atoms with Gasteiger partial charge in [-0.15, -0.1) is 0 Å². The summed E-state index contributed by atoms with van der Waals surface area (Å²) in [6.07, 6.45) is 9.07. The minimum absolute atomic E-state index is 0.0624. The summed E-state index contributed by atoms with van der Waals surface area (Å²) < 4.78 is 5.97. The smallest absolute Gasteiger partial charge is 0.223 e. The summed E-state index contributed by atoms with van der Waals surface area (Å²) in [6.45, 7) is 5.85. The Hall–Kier alpha value is -1.10. The van der Waals surface area contributed by atoms with Crippen molar-refractivity contribution in [1.82, 2.24) is 10.2 Å². The molecule has 2 aliphatic carbocycles. The zero-order valence-electron chi connectivity index (χ0n) is 15.2. The molecule has 1 aliphatic heterocycles. The summed E-state index contributed by atoms with van der Waals surface area (Å²) in [5, 5.41) is 3.36. The Labute approximate surface area is 145 Å². The van der Waals surface area contributed by atoms with E-state index in [1.54, 1.807) is 6.92 Å². The zero-order valence-corrected chi connectivity index (χ0v) is 15.2. The molecule has 1 N–H and O–H groups in total. The summed E-state index contributed by atoms with van der Waals surface area (Å²) in [5.74, 6) is 0.379. The molecule has 0 aromatic heterocycles.